The number of ether oxygens (including phenoxy) is 2. The molecule has 2 amide bonds. The lowest BCUT2D eigenvalue weighted by molar-refractivity contribution is 0.0785. The summed E-state index contributed by atoms with van der Waals surface area (Å²) in [7, 11) is 1.55. The van der Waals surface area contributed by atoms with Gasteiger partial charge in [0.15, 0.2) is 0 Å². The molecule has 6 heteroatoms. The van der Waals surface area contributed by atoms with Crippen LogP contribution in [-0.2, 0) is 4.74 Å². The highest BCUT2D eigenvalue weighted by Crippen LogP contribution is 2.18. The number of hydrogen-bond donors (Lipinski definition) is 1. The molecule has 1 saturated heterocycles. The van der Waals surface area contributed by atoms with Gasteiger partial charge in [-0.1, -0.05) is 26.0 Å². The average Bonchev–Trinajstić information content (AvgIpc) is 2.60. The zero-order valence-corrected chi connectivity index (χ0v) is 14.6. The Kier molecular flexibility index (Phi) is 6.46. The molecule has 0 bridgehead atoms. The van der Waals surface area contributed by atoms with Crippen LogP contribution in [0, 0.1) is 5.92 Å². The van der Waals surface area contributed by atoms with Crippen LogP contribution in [0.1, 0.15) is 37.0 Å². The van der Waals surface area contributed by atoms with E-state index in [1.54, 1.807) is 24.1 Å². The molecule has 0 radical (unpaired) electrons. The van der Waals surface area contributed by atoms with Gasteiger partial charge < -0.3 is 19.7 Å². The SMILES string of the molecule is COc1ccccc1C(=O)NC1CCN(C(=O)OCC(C)C)CC1. The molecule has 1 heterocycles. The fourth-order valence-corrected chi connectivity index (χ4v) is 2.63. The molecule has 1 aromatic rings. The van der Waals surface area contributed by atoms with Gasteiger partial charge in [0, 0.05) is 19.1 Å². The zero-order valence-electron chi connectivity index (χ0n) is 14.6. The van der Waals surface area contributed by atoms with Crippen LogP contribution in [0.25, 0.3) is 0 Å². The Balaban J connectivity index is 1.82. The van der Waals surface area contributed by atoms with Crippen LogP contribution in [0.4, 0.5) is 4.79 Å². The first kappa shape index (κ1) is 18.1. The summed E-state index contributed by atoms with van der Waals surface area (Å²) in [6.07, 6.45) is 1.17. The molecule has 6 nitrogen and oxygen atoms in total. The van der Waals surface area contributed by atoms with Gasteiger partial charge in [0.1, 0.15) is 5.75 Å². The van der Waals surface area contributed by atoms with Gasteiger partial charge in [0.2, 0.25) is 0 Å². The Labute approximate surface area is 143 Å². The van der Waals surface area contributed by atoms with Gasteiger partial charge in [0.25, 0.3) is 5.91 Å². The molecule has 1 N–H and O–H groups in total. The van der Waals surface area contributed by atoms with E-state index < -0.39 is 0 Å². The molecule has 0 saturated carbocycles. The van der Waals surface area contributed by atoms with E-state index in [0.29, 0.717) is 36.9 Å². The number of rotatable bonds is 5. The van der Waals surface area contributed by atoms with Gasteiger partial charge in [-0.15, -0.1) is 0 Å². The number of benzene rings is 1. The molecule has 1 aromatic carbocycles. The van der Waals surface area contributed by atoms with Crippen LogP contribution in [0.3, 0.4) is 0 Å². The zero-order chi connectivity index (χ0) is 17.5. The first-order valence-electron chi connectivity index (χ1n) is 8.36. The van der Waals surface area contributed by atoms with Crippen molar-refractivity contribution in [2.75, 3.05) is 26.8 Å². The third kappa shape index (κ3) is 4.88. The number of para-hydroxylation sites is 1. The number of nitrogens with zero attached hydrogens (tertiary/aromatic N) is 1. The highest BCUT2D eigenvalue weighted by Gasteiger charge is 2.25. The van der Waals surface area contributed by atoms with Crippen molar-refractivity contribution in [3.05, 3.63) is 29.8 Å². The summed E-state index contributed by atoms with van der Waals surface area (Å²) in [6.45, 7) is 5.63. The number of amides is 2. The third-order valence-corrected chi connectivity index (χ3v) is 3.98. The molecule has 0 aliphatic carbocycles. The van der Waals surface area contributed by atoms with Gasteiger partial charge in [-0.2, -0.15) is 0 Å². The fraction of sp³-hybridized carbons (Fsp3) is 0.556. The van der Waals surface area contributed by atoms with Gasteiger partial charge in [-0.3, -0.25) is 4.79 Å². The second kappa shape index (κ2) is 8.57. The van der Waals surface area contributed by atoms with E-state index in [1.807, 2.05) is 26.0 Å². The smallest absolute Gasteiger partial charge is 0.409 e. The summed E-state index contributed by atoms with van der Waals surface area (Å²) in [5.74, 6) is 0.740. The van der Waals surface area contributed by atoms with Crippen molar-refractivity contribution in [2.45, 2.75) is 32.7 Å². The molecule has 1 aliphatic heterocycles. The second-order valence-electron chi connectivity index (χ2n) is 6.41. The van der Waals surface area contributed by atoms with Gasteiger partial charge in [-0.05, 0) is 30.9 Å². The standard InChI is InChI=1S/C18H26N2O4/c1-13(2)12-24-18(22)20-10-8-14(9-11-20)19-17(21)15-6-4-5-7-16(15)23-3/h4-7,13-14H,8-12H2,1-3H3,(H,19,21). The number of carbonyl (C=O) groups excluding carboxylic acids is 2. The monoisotopic (exact) mass is 334 g/mol. The number of carbonyl (C=O) groups is 2. The van der Waals surface area contributed by atoms with Crippen molar-refractivity contribution in [3.8, 4) is 5.75 Å². The molecule has 0 aromatic heterocycles. The molecule has 1 fully saturated rings. The highest BCUT2D eigenvalue weighted by atomic mass is 16.6. The molecule has 2 rings (SSSR count). The van der Waals surface area contributed by atoms with E-state index in [2.05, 4.69) is 5.32 Å². The van der Waals surface area contributed by atoms with E-state index in [1.165, 1.54) is 0 Å². The van der Waals surface area contributed by atoms with E-state index in [4.69, 9.17) is 9.47 Å². The van der Waals surface area contributed by atoms with Gasteiger partial charge in [0.05, 0.1) is 19.3 Å². The number of piperidine rings is 1. The average molecular weight is 334 g/mol. The number of likely N-dealkylation sites (tertiary alicyclic amines) is 1. The fourth-order valence-electron chi connectivity index (χ4n) is 2.63. The molecular formula is C18H26N2O4. The van der Waals surface area contributed by atoms with Crippen LogP contribution in [0.2, 0.25) is 0 Å². The van der Waals surface area contributed by atoms with E-state index >= 15 is 0 Å². The van der Waals surface area contributed by atoms with Crippen molar-refractivity contribution in [3.63, 3.8) is 0 Å². The minimum absolute atomic E-state index is 0.0524. The Morgan fingerprint density at radius 1 is 1.25 bits per heavy atom. The summed E-state index contributed by atoms with van der Waals surface area (Å²) >= 11 is 0. The summed E-state index contributed by atoms with van der Waals surface area (Å²) in [6, 6.07) is 7.20. The van der Waals surface area contributed by atoms with Crippen LogP contribution in [0.15, 0.2) is 24.3 Å². The van der Waals surface area contributed by atoms with E-state index in [-0.39, 0.29) is 18.0 Å². The molecular weight excluding hydrogens is 308 g/mol. The quantitative estimate of drug-likeness (QED) is 0.899. The topological polar surface area (TPSA) is 67.9 Å². The molecule has 1 aliphatic rings. The van der Waals surface area contributed by atoms with E-state index in [9.17, 15) is 9.59 Å². The molecule has 0 atom stereocenters. The summed E-state index contributed by atoms with van der Waals surface area (Å²) in [5.41, 5.74) is 0.527. The molecule has 132 valence electrons. The van der Waals surface area contributed by atoms with Crippen LogP contribution >= 0.6 is 0 Å². The summed E-state index contributed by atoms with van der Waals surface area (Å²) in [4.78, 5) is 26.0. The normalized spacial score (nSPS) is 15.2. The number of nitrogens with one attached hydrogen (secondary N) is 1. The maximum absolute atomic E-state index is 12.4. The Bertz CT molecular complexity index is 566. The van der Waals surface area contributed by atoms with Gasteiger partial charge >= 0.3 is 6.09 Å². The van der Waals surface area contributed by atoms with Crippen molar-refractivity contribution >= 4 is 12.0 Å². The van der Waals surface area contributed by atoms with Crippen LogP contribution in [0.5, 0.6) is 5.75 Å². The lowest BCUT2D eigenvalue weighted by Gasteiger charge is -2.32. The van der Waals surface area contributed by atoms with Crippen LogP contribution in [-0.4, -0.2) is 49.7 Å². The summed E-state index contributed by atoms with van der Waals surface area (Å²) in [5, 5.41) is 3.02. The lowest BCUT2D eigenvalue weighted by atomic mass is 10.0. The third-order valence-electron chi connectivity index (χ3n) is 3.98. The summed E-state index contributed by atoms with van der Waals surface area (Å²) < 4.78 is 10.5. The Hall–Kier alpha value is -2.24. The molecule has 24 heavy (non-hydrogen) atoms. The highest BCUT2D eigenvalue weighted by molar-refractivity contribution is 5.97. The lowest BCUT2D eigenvalue weighted by Crippen LogP contribution is -2.46. The van der Waals surface area contributed by atoms with Crippen molar-refractivity contribution < 1.29 is 19.1 Å². The van der Waals surface area contributed by atoms with Crippen molar-refractivity contribution in [1.29, 1.82) is 0 Å². The number of hydrogen-bond acceptors (Lipinski definition) is 4. The largest absolute Gasteiger partial charge is 0.496 e. The maximum atomic E-state index is 12.4. The van der Waals surface area contributed by atoms with Crippen molar-refractivity contribution in [1.82, 2.24) is 10.2 Å². The molecule has 0 spiro atoms. The first-order chi connectivity index (χ1) is 11.5. The van der Waals surface area contributed by atoms with Crippen LogP contribution < -0.4 is 10.1 Å². The minimum atomic E-state index is -0.266. The first-order valence-corrected chi connectivity index (χ1v) is 8.36. The predicted molar refractivity (Wildman–Crippen MR) is 91.2 cm³/mol. The Morgan fingerprint density at radius 2 is 1.92 bits per heavy atom. The minimum Gasteiger partial charge on any atom is -0.496 e. The van der Waals surface area contributed by atoms with E-state index in [0.717, 1.165) is 12.8 Å². The predicted octanol–water partition coefficient (Wildman–Crippen LogP) is 2.68. The molecule has 0 unspecified atom stereocenters. The Morgan fingerprint density at radius 3 is 2.54 bits per heavy atom. The number of methoxy groups -OCH3 is 1. The van der Waals surface area contributed by atoms with Gasteiger partial charge in [-0.25, -0.2) is 4.79 Å². The van der Waals surface area contributed by atoms with Crippen molar-refractivity contribution in [2.24, 2.45) is 5.92 Å². The second-order valence-corrected chi connectivity index (χ2v) is 6.41. The maximum Gasteiger partial charge on any atom is 0.409 e.